The summed E-state index contributed by atoms with van der Waals surface area (Å²) in [7, 11) is 0. The van der Waals surface area contributed by atoms with Gasteiger partial charge < -0.3 is 24.0 Å². The molecule has 0 unspecified atom stereocenters. The number of carbonyl (C=O) groups is 1. The molecule has 4 rings (SSSR count). The molecule has 1 fully saturated rings. The Labute approximate surface area is 211 Å². The highest BCUT2D eigenvalue weighted by Crippen LogP contribution is 2.34. The number of nitriles is 1. The molecule has 0 bridgehead atoms. The van der Waals surface area contributed by atoms with Crippen LogP contribution in [0.25, 0.3) is 11.0 Å². The maximum Gasteiger partial charge on any atom is 0.410 e. The number of benzene rings is 2. The van der Waals surface area contributed by atoms with Gasteiger partial charge in [0.1, 0.15) is 18.0 Å². The van der Waals surface area contributed by atoms with Crippen molar-refractivity contribution in [1.82, 2.24) is 10.1 Å². The fourth-order valence-corrected chi connectivity index (χ4v) is 4.46. The largest absolute Gasteiger partial charge is 0.488 e. The highest BCUT2D eigenvalue weighted by atomic mass is 16.6. The molecule has 1 aliphatic heterocycles. The number of aliphatic hydroxyl groups excluding tert-OH is 1. The van der Waals surface area contributed by atoms with Crippen molar-refractivity contribution < 1.29 is 23.9 Å². The van der Waals surface area contributed by atoms with Gasteiger partial charge in [0.25, 0.3) is 0 Å². The van der Waals surface area contributed by atoms with Gasteiger partial charge in [0.2, 0.25) is 0 Å². The molecular formula is C28H33N3O5. The van der Waals surface area contributed by atoms with Crippen LogP contribution in [-0.4, -0.2) is 39.9 Å². The van der Waals surface area contributed by atoms with Crippen molar-refractivity contribution in [2.24, 2.45) is 5.92 Å². The number of nitrogens with zero attached hydrogens (tertiary/aromatic N) is 3. The van der Waals surface area contributed by atoms with Crippen LogP contribution in [0.4, 0.5) is 4.79 Å². The van der Waals surface area contributed by atoms with E-state index in [9.17, 15) is 9.90 Å². The number of carbonyl (C=O) groups excluding carboxylic acids is 1. The Morgan fingerprint density at radius 3 is 2.56 bits per heavy atom. The summed E-state index contributed by atoms with van der Waals surface area (Å²) in [4.78, 5) is 14.1. The zero-order valence-corrected chi connectivity index (χ0v) is 21.1. The van der Waals surface area contributed by atoms with E-state index in [0.29, 0.717) is 54.5 Å². The molecule has 1 aromatic heterocycles. The van der Waals surface area contributed by atoms with Gasteiger partial charge in [-0.25, -0.2) is 4.79 Å². The molecular weight excluding hydrogens is 458 g/mol. The zero-order chi connectivity index (χ0) is 25.7. The molecule has 0 aliphatic carbocycles. The second-order valence-electron chi connectivity index (χ2n) is 10.3. The van der Waals surface area contributed by atoms with Gasteiger partial charge in [0, 0.05) is 18.7 Å². The Morgan fingerprint density at radius 1 is 1.19 bits per heavy atom. The standard InChI is InChI=1S/C28H33N3O5/c1-28(2,3)35-27(33)31-14-12-19(13-15-31)8-10-23-25-24(11-9-22(17-32)26(25)36-30-23)34-18-21-6-4-20(16-29)5-7-21/h4-7,9,11,19,32H,8,10,12-15,17-18H2,1-3H3. The van der Waals surface area contributed by atoms with Crippen LogP contribution in [-0.2, 0) is 24.4 Å². The summed E-state index contributed by atoms with van der Waals surface area (Å²) in [6.45, 7) is 7.20. The lowest BCUT2D eigenvalue weighted by molar-refractivity contribution is 0.0181. The minimum absolute atomic E-state index is 0.149. The van der Waals surface area contributed by atoms with Gasteiger partial charge in [-0.3, -0.25) is 0 Å². The molecule has 0 saturated carbocycles. The van der Waals surface area contributed by atoms with E-state index >= 15 is 0 Å². The molecule has 2 heterocycles. The predicted octanol–water partition coefficient (Wildman–Crippen LogP) is 5.35. The summed E-state index contributed by atoms with van der Waals surface area (Å²) in [6, 6.07) is 13.0. The van der Waals surface area contributed by atoms with E-state index in [1.807, 2.05) is 39.0 Å². The lowest BCUT2D eigenvalue weighted by atomic mass is 9.91. The third-order valence-corrected chi connectivity index (χ3v) is 6.44. The molecule has 8 heteroatoms. The van der Waals surface area contributed by atoms with Crippen molar-refractivity contribution in [1.29, 1.82) is 5.26 Å². The molecule has 0 atom stereocenters. The summed E-state index contributed by atoms with van der Waals surface area (Å²) in [5, 5.41) is 23.9. The topological polar surface area (TPSA) is 109 Å². The van der Waals surface area contributed by atoms with Crippen molar-refractivity contribution >= 4 is 17.1 Å². The molecule has 1 N–H and O–H groups in total. The maximum absolute atomic E-state index is 12.3. The van der Waals surface area contributed by atoms with E-state index in [2.05, 4.69) is 11.2 Å². The van der Waals surface area contributed by atoms with Crippen LogP contribution in [0.3, 0.4) is 0 Å². The van der Waals surface area contributed by atoms with Gasteiger partial charge >= 0.3 is 6.09 Å². The summed E-state index contributed by atoms with van der Waals surface area (Å²) in [6.07, 6.45) is 3.22. The van der Waals surface area contributed by atoms with E-state index in [1.54, 1.807) is 23.1 Å². The van der Waals surface area contributed by atoms with Crippen LogP contribution >= 0.6 is 0 Å². The first-order chi connectivity index (χ1) is 17.3. The van der Waals surface area contributed by atoms with Crippen LogP contribution in [0.15, 0.2) is 40.9 Å². The van der Waals surface area contributed by atoms with Crippen LogP contribution < -0.4 is 4.74 Å². The molecule has 0 radical (unpaired) electrons. The molecule has 0 spiro atoms. The van der Waals surface area contributed by atoms with Crippen molar-refractivity contribution in [2.75, 3.05) is 13.1 Å². The lowest BCUT2D eigenvalue weighted by Crippen LogP contribution is -2.41. The van der Waals surface area contributed by atoms with Crippen molar-refractivity contribution in [3.05, 3.63) is 58.8 Å². The number of hydrogen-bond donors (Lipinski definition) is 1. The first kappa shape index (κ1) is 25.5. The minimum Gasteiger partial charge on any atom is -0.488 e. The number of rotatable bonds is 7. The monoisotopic (exact) mass is 491 g/mol. The van der Waals surface area contributed by atoms with Gasteiger partial charge in [-0.05, 0) is 82.2 Å². The van der Waals surface area contributed by atoms with Crippen molar-refractivity contribution in [2.45, 2.75) is 65.3 Å². The summed E-state index contributed by atoms with van der Waals surface area (Å²) in [5.74, 6) is 1.13. The summed E-state index contributed by atoms with van der Waals surface area (Å²) < 4.78 is 17.3. The highest BCUT2D eigenvalue weighted by Gasteiger charge is 2.27. The van der Waals surface area contributed by atoms with E-state index in [1.165, 1.54) is 0 Å². The van der Waals surface area contributed by atoms with Gasteiger partial charge in [-0.2, -0.15) is 5.26 Å². The van der Waals surface area contributed by atoms with E-state index in [-0.39, 0.29) is 12.7 Å². The molecule has 2 aromatic carbocycles. The third-order valence-electron chi connectivity index (χ3n) is 6.44. The SMILES string of the molecule is CC(C)(C)OC(=O)N1CCC(CCc2noc3c(CO)ccc(OCc4ccc(C#N)cc4)c23)CC1. The molecule has 1 saturated heterocycles. The van der Waals surface area contributed by atoms with Gasteiger partial charge in [-0.1, -0.05) is 17.3 Å². The molecule has 1 aliphatic rings. The van der Waals surface area contributed by atoms with Gasteiger partial charge in [-0.15, -0.1) is 0 Å². The van der Waals surface area contributed by atoms with Crippen molar-refractivity contribution in [3.8, 4) is 11.8 Å². The Morgan fingerprint density at radius 2 is 1.92 bits per heavy atom. The number of aryl methyl sites for hydroxylation is 1. The van der Waals surface area contributed by atoms with E-state index < -0.39 is 5.60 Å². The quantitative estimate of drug-likeness (QED) is 0.474. The number of aliphatic hydroxyl groups is 1. The van der Waals surface area contributed by atoms with Gasteiger partial charge in [0.05, 0.1) is 29.3 Å². The predicted molar refractivity (Wildman–Crippen MR) is 134 cm³/mol. The fraction of sp³-hybridized carbons (Fsp3) is 0.464. The second kappa shape index (κ2) is 11.0. The van der Waals surface area contributed by atoms with Crippen LogP contribution in [0.5, 0.6) is 5.75 Å². The summed E-state index contributed by atoms with van der Waals surface area (Å²) in [5.41, 5.74) is 3.08. The summed E-state index contributed by atoms with van der Waals surface area (Å²) >= 11 is 0. The Bertz CT molecular complexity index is 1230. The Hall–Kier alpha value is -3.57. The van der Waals surface area contributed by atoms with Crippen LogP contribution in [0, 0.1) is 17.2 Å². The molecule has 190 valence electrons. The highest BCUT2D eigenvalue weighted by molar-refractivity contribution is 5.88. The molecule has 3 aromatic rings. The smallest absolute Gasteiger partial charge is 0.410 e. The molecule has 8 nitrogen and oxygen atoms in total. The number of likely N-dealkylation sites (tertiary alicyclic amines) is 1. The number of hydrogen-bond acceptors (Lipinski definition) is 7. The van der Waals surface area contributed by atoms with E-state index in [0.717, 1.165) is 35.9 Å². The number of ether oxygens (including phenoxy) is 2. The van der Waals surface area contributed by atoms with Crippen molar-refractivity contribution in [3.63, 3.8) is 0 Å². The molecule has 1 amide bonds. The maximum atomic E-state index is 12.3. The number of aromatic nitrogens is 1. The fourth-order valence-electron chi connectivity index (χ4n) is 4.46. The Balaban J connectivity index is 1.41. The average molecular weight is 492 g/mol. The number of piperidine rings is 1. The molecule has 36 heavy (non-hydrogen) atoms. The number of fused-ring (bicyclic) bond motifs is 1. The van der Waals surface area contributed by atoms with Gasteiger partial charge in [0.15, 0.2) is 5.58 Å². The third kappa shape index (κ3) is 6.16. The van der Waals surface area contributed by atoms with E-state index in [4.69, 9.17) is 19.3 Å². The number of amides is 1. The lowest BCUT2D eigenvalue weighted by Gasteiger charge is -2.33. The first-order valence-electron chi connectivity index (χ1n) is 12.4. The normalized spacial score (nSPS) is 14.6. The first-order valence-corrected chi connectivity index (χ1v) is 12.4. The van der Waals surface area contributed by atoms with Crippen LogP contribution in [0.1, 0.15) is 62.4 Å². The second-order valence-corrected chi connectivity index (χ2v) is 10.3. The van der Waals surface area contributed by atoms with Crippen LogP contribution in [0.2, 0.25) is 0 Å². The Kier molecular flexibility index (Phi) is 7.80. The zero-order valence-electron chi connectivity index (χ0n) is 21.1. The average Bonchev–Trinajstić information content (AvgIpc) is 3.30. The minimum atomic E-state index is -0.491.